The fourth-order valence-corrected chi connectivity index (χ4v) is 2.29. The molecule has 0 aliphatic heterocycles. The minimum Gasteiger partial charge on any atom is -0.329 e. The highest BCUT2D eigenvalue weighted by molar-refractivity contribution is 5.96. The van der Waals surface area contributed by atoms with Crippen molar-refractivity contribution >= 4 is 22.9 Å². The van der Waals surface area contributed by atoms with E-state index in [0.29, 0.717) is 6.41 Å². The fraction of sp³-hybridized carbons (Fsp3) is 0. The molecule has 0 saturated heterocycles. The lowest BCUT2D eigenvalue weighted by molar-refractivity contribution is -0.105. The van der Waals surface area contributed by atoms with Gasteiger partial charge in [-0.1, -0.05) is 54.6 Å². The van der Waals surface area contributed by atoms with Crippen LogP contribution < -0.4 is 5.32 Å². The molecule has 92 valence electrons. The van der Waals surface area contributed by atoms with Crippen LogP contribution in [0.25, 0.3) is 21.9 Å². The van der Waals surface area contributed by atoms with Crippen LogP contribution in [0.3, 0.4) is 0 Å². The number of benzene rings is 3. The molecule has 0 heterocycles. The van der Waals surface area contributed by atoms with E-state index in [2.05, 4.69) is 35.6 Å². The van der Waals surface area contributed by atoms with Gasteiger partial charge in [0.05, 0.1) is 0 Å². The molecule has 0 saturated carbocycles. The highest BCUT2D eigenvalue weighted by Gasteiger charge is 2.02. The average molecular weight is 247 g/mol. The van der Waals surface area contributed by atoms with Gasteiger partial charge in [0.2, 0.25) is 6.41 Å². The van der Waals surface area contributed by atoms with Crippen LogP contribution in [-0.2, 0) is 4.79 Å². The van der Waals surface area contributed by atoms with Gasteiger partial charge in [0, 0.05) is 5.69 Å². The second-order valence-electron chi connectivity index (χ2n) is 4.37. The molecule has 1 N–H and O–H groups in total. The summed E-state index contributed by atoms with van der Waals surface area (Å²) >= 11 is 0. The maximum atomic E-state index is 10.4. The molecule has 2 heteroatoms. The summed E-state index contributed by atoms with van der Waals surface area (Å²) in [5.41, 5.74) is 3.16. The summed E-state index contributed by atoms with van der Waals surface area (Å²) in [5, 5.41) is 5.11. The molecule has 1 amide bonds. The lowest BCUT2D eigenvalue weighted by Crippen LogP contribution is -1.92. The molecule has 0 aliphatic carbocycles. The maximum Gasteiger partial charge on any atom is 0.211 e. The summed E-state index contributed by atoms with van der Waals surface area (Å²) in [7, 11) is 0. The van der Waals surface area contributed by atoms with Crippen molar-refractivity contribution in [2.24, 2.45) is 0 Å². The molecule has 0 bridgehead atoms. The summed E-state index contributed by atoms with van der Waals surface area (Å²) in [5.74, 6) is 0. The highest BCUT2D eigenvalue weighted by atomic mass is 16.1. The second-order valence-corrected chi connectivity index (χ2v) is 4.37. The van der Waals surface area contributed by atoms with Crippen LogP contribution in [-0.4, -0.2) is 6.41 Å². The van der Waals surface area contributed by atoms with Crippen LogP contribution in [0.5, 0.6) is 0 Å². The molecule has 0 fully saturated rings. The third-order valence-electron chi connectivity index (χ3n) is 3.21. The van der Waals surface area contributed by atoms with Gasteiger partial charge in [0.25, 0.3) is 0 Å². The van der Waals surface area contributed by atoms with Crippen LogP contribution in [0.1, 0.15) is 0 Å². The lowest BCUT2D eigenvalue weighted by Gasteiger charge is -2.07. The molecular formula is C17H13NO. The number of carbonyl (C=O) groups excluding carboxylic acids is 1. The summed E-state index contributed by atoms with van der Waals surface area (Å²) in [6.07, 6.45) is 0.687. The van der Waals surface area contributed by atoms with Crippen LogP contribution in [0, 0.1) is 0 Å². The van der Waals surface area contributed by atoms with Crippen LogP contribution in [0.4, 0.5) is 5.69 Å². The van der Waals surface area contributed by atoms with E-state index in [1.165, 1.54) is 16.3 Å². The molecule has 0 spiro atoms. The molecule has 0 aliphatic rings. The summed E-state index contributed by atoms with van der Waals surface area (Å²) in [6, 6.07) is 22.5. The molecule has 3 rings (SSSR count). The van der Waals surface area contributed by atoms with Crippen molar-refractivity contribution in [1.29, 1.82) is 0 Å². The normalized spacial score (nSPS) is 10.3. The zero-order valence-corrected chi connectivity index (χ0v) is 10.3. The first-order chi connectivity index (χ1) is 9.38. The third kappa shape index (κ3) is 2.20. The van der Waals surface area contributed by atoms with E-state index < -0.39 is 0 Å². The number of anilines is 1. The number of hydrogen-bond donors (Lipinski definition) is 1. The van der Waals surface area contributed by atoms with Gasteiger partial charge in [-0.25, -0.2) is 0 Å². The van der Waals surface area contributed by atoms with Crippen molar-refractivity contribution < 1.29 is 4.79 Å². The van der Waals surface area contributed by atoms with Gasteiger partial charge in [-0.2, -0.15) is 0 Å². The van der Waals surface area contributed by atoms with Crippen molar-refractivity contribution in [3.05, 3.63) is 66.7 Å². The lowest BCUT2D eigenvalue weighted by atomic mass is 9.98. The Morgan fingerprint density at radius 3 is 2.32 bits per heavy atom. The number of hydrogen-bond acceptors (Lipinski definition) is 1. The molecule has 19 heavy (non-hydrogen) atoms. The molecule has 3 aromatic carbocycles. The molecule has 0 aromatic heterocycles. The van der Waals surface area contributed by atoms with Crippen molar-refractivity contribution in [2.75, 3.05) is 5.32 Å². The second kappa shape index (κ2) is 4.94. The van der Waals surface area contributed by atoms with Crippen molar-refractivity contribution in [3.8, 4) is 11.1 Å². The first-order valence-corrected chi connectivity index (χ1v) is 6.17. The van der Waals surface area contributed by atoms with Crippen LogP contribution in [0.15, 0.2) is 66.7 Å². The Morgan fingerprint density at radius 1 is 0.789 bits per heavy atom. The standard InChI is InChI=1S/C17H13NO/c19-12-18-15-10-8-14(9-11-15)17-7-3-5-13-4-1-2-6-16(13)17/h1-12H,(H,18,19). The number of rotatable bonds is 3. The van der Waals surface area contributed by atoms with E-state index in [0.717, 1.165) is 11.3 Å². The molecule has 0 unspecified atom stereocenters. The Bertz CT molecular complexity index is 711. The van der Waals surface area contributed by atoms with Gasteiger partial charge in [-0.3, -0.25) is 4.79 Å². The molecular weight excluding hydrogens is 234 g/mol. The quantitative estimate of drug-likeness (QED) is 0.694. The number of carbonyl (C=O) groups is 1. The zero-order chi connectivity index (χ0) is 13.1. The maximum absolute atomic E-state index is 10.4. The van der Waals surface area contributed by atoms with Crippen LogP contribution in [0.2, 0.25) is 0 Å². The fourth-order valence-electron chi connectivity index (χ4n) is 2.29. The first kappa shape index (κ1) is 11.5. The van der Waals surface area contributed by atoms with Gasteiger partial charge in [0.15, 0.2) is 0 Å². The van der Waals surface area contributed by atoms with Gasteiger partial charge in [-0.15, -0.1) is 0 Å². The zero-order valence-electron chi connectivity index (χ0n) is 10.3. The SMILES string of the molecule is O=CNc1ccc(-c2cccc3ccccc23)cc1. The summed E-state index contributed by atoms with van der Waals surface area (Å²) < 4.78 is 0. The third-order valence-corrected chi connectivity index (χ3v) is 3.21. The topological polar surface area (TPSA) is 29.1 Å². The summed E-state index contributed by atoms with van der Waals surface area (Å²) in [4.78, 5) is 10.4. The van der Waals surface area contributed by atoms with Crippen molar-refractivity contribution in [1.82, 2.24) is 0 Å². The van der Waals surface area contributed by atoms with Gasteiger partial charge in [-0.05, 0) is 34.0 Å². The van der Waals surface area contributed by atoms with E-state index >= 15 is 0 Å². The largest absolute Gasteiger partial charge is 0.329 e. The highest BCUT2D eigenvalue weighted by Crippen LogP contribution is 2.29. The number of fused-ring (bicyclic) bond motifs is 1. The minimum atomic E-state index is 0.687. The number of nitrogens with one attached hydrogen (secondary N) is 1. The van der Waals surface area contributed by atoms with Crippen molar-refractivity contribution in [3.63, 3.8) is 0 Å². The molecule has 2 nitrogen and oxygen atoms in total. The summed E-state index contributed by atoms with van der Waals surface area (Å²) in [6.45, 7) is 0. The Labute approximate surface area is 111 Å². The monoisotopic (exact) mass is 247 g/mol. The van der Waals surface area contributed by atoms with Crippen LogP contribution >= 0.6 is 0 Å². The molecule has 0 atom stereocenters. The van der Waals surface area contributed by atoms with Gasteiger partial charge < -0.3 is 5.32 Å². The van der Waals surface area contributed by atoms with Gasteiger partial charge in [0.1, 0.15) is 0 Å². The Hall–Kier alpha value is -2.61. The van der Waals surface area contributed by atoms with E-state index in [4.69, 9.17) is 0 Å². The predicted octanol–water partition coefficient (Wildman–Crippen LogP) is 4.08. The van der Waals surface area contributed by atoms with E-state index in [1.54, 1.807) is 0 Å². The average Bonchev–Trinajstić information content (AvgIpc) is 2.48. The number of amides is 1. The Morgan fingerprint density at radius 2 is 1.53 bits per heavy atom. The van der Waals surface area contributed by atoms with Crippen molar-refractivity contribution in [2.45, 2.75) is 0 Å². The molecule has 0 radical (unpaired) electrons. The predicted molar refractivity (Wildman–Crippen MR) is 79.1 cm³/mol. The van der Waals surface area contributed by atoms with Gasteiger partial charge >= 0.3 is 0 Å². The van der Waals surface area contributed by atoms with E-state index in [1.807, 2.05) is 36.4 Å². The van der Waals surface area contributed by atoms with E-state index in [-0.39, 0.29) is 0 Å². The molecule has 3 aromatic rings. The van der Waals surface area contributed by atoms with E-state index in [9.17, 15) is 4.79 Å². The first-order valence-electron chi connectivity index (χ1n) is 6.17. The Kier molecular flexibility index (Phi) is 2.99. The smallest absolute Gasteiger partial charge is 0.211 e. The minimum absolute atomic E-state index is 0.687. The Balaban J connectivity index is 2.11.